The highest BCUT2D eigenvalue weighted by Gasteiger charge is 2.09. The van der Waals surface area contributed by atoms with E-state index in [0.717, 1.165) is 6.20 Å². The molecular formula is C16H11F2N3O. The molecule has 2 aromatic carbocycles. The van der Waals surface area contributed by atoms with Crippen LogP contribution in [0.4, 0.5) is 20.2 Å². The molecule has 0 aliphatic rings. The predicted molar refractivity (Wildman–Crippen MR) is 78.7 cm³/mol. The van der Waals surface area contributed by atoms with Gasteiger partial charge in [-0.25, -0.2) is 8.78 Å². The van der Waals surface area contributed by atoms with Gasteiger partial charge in [-0.3, -0.25) is 4.79 Å². The highest BCUT2D eigenvalue weighted by Crippen LogP contribution is 2.13. The maximum Gasteiger partial charge on any atom is 0.267 e. The number of nitriles is 1. The van der Waals surface area contributed by atoms with E-state index in [1.165, 1.54) is 42.5 Å². The number of nitrogens with zero attached hydrogens (tertiary/aromatic N) is 1. The summed E-state index contributed by atoms with van der Waals surface area (Å²) in [5.74, 6) is -1.62. The molecule has 0 fully saturated rings. The maximum atomic E-state index is 13.4. The minimum absolute atomic E-state index is 0.143. The molecule has 0 aliphatic carbocycles. The van der Waals surface area contributed by atoms with Crippen LogP contribution in [-0.2, 0) is 4.79 Å². The van der Waals surface area contributed by atoms with Gasteiger partial charge in [-0.05, 0) is 36.4 Å². The number of hydrogen-bond acceptors (Lipinski definition) is 3. The van der Waals surface area contributed by atoms with Crippen LogP contribution in [0, 0.1) is 23.0 Å². The van der Waals surface area contributed by atoms with Crippen molar-refractivity contribution in [3.63, 3.8) is 0 Å². The summed E-state index contributed by atoms with van der Waals surface area (Å²) in [6.45, 7) is 0. The van der Waals surface area contributed by atoms with Crippen molar-refractivity contribution in [3.8, 4) is 6.07 Å². The molecule has 0 heterocycles. The third-order valence-electron chi connectivity index (χ3n) is 2.71. The number of carbonyl (C=O) groups excluding carboxylic acids is 1. The summed E-state index contributed by atoms with van der Waals surface area (Å²) in [7, 11) is 0. The average molecular weight is 299 g/mol. The molecule has 110 valence electrons. The first-order chi connectivity index (χ1) is 10.6. The van der Waals surface area contributed by atoms with Gasteiger partial charge in [-0.1, -0.05) is 12.1 Å². The Morgan fingerprint density at radius 2 is 1.77 bits per heavy atom. The maximum absolute atomic E-state index is 13.4. The second kappa shape index (κ2) is 6.99. The zero-order valence-electron chi connectivity index (χ0n) is 11.3. The molecule has 2 N–H and O–H groups in total. The average Bonchev–Trinajstić information content (AvgIpc) is 2.52. The minimum Gasteiger partial charge on any atom is -0.358 e. The van der Waals surface area contributed by atoms with Crippen LogP contribution in [0.2, 0.25) is 0 Å². The zero-order valence-corrected chi connectivity index (χ0v) is 11.3. The van der Waals surface area contributed by atoms with E-state index in [1.807, 2.05) is 0 Å². The Hall–Kier alpha value is -3.20. The molecule has 1 amide bonds. The van der Waals surface area contributed by atoms with Crippen molar-refractivity contribution in [2.45, 2.75) is 0 Å². The molecule has 6 heteroatoms. The number of nitrogens with one attached hydrogen (secondary N) is 2. The lowest BCUT2D eigenvalue weighted by Crippen LogP contribution is -2.14. The Bertz CT molecular complexity index is 749. The number of para-hydroxylation sites is 1. The molecule has 0 saturated heterocycles. The summed E-state index contributed by atoms with van der Waals surface area (Å²) in [4.78, 5) is 11.9. The number of anilines is 2. The van der Waals surface area contributed by atoms with E-state index in [9.17, 15) is 13.6 Å². The lowest BCUT2D eigenvalue weighted by molar-refractivity contribution is -0.112. The quantitative estimate of drug-likeness (QED) is 0.671. The third kappa shape index (κ3) is 3.90. The Labute approximate surface area is 125 Å². The van der Waals surface area contributed by atoms with Crippen molar-refractivity contribution in [3.05, 3.63) is 71.9 Å². The Morgan fingerprint density at radius 3 is 2.41 bits per heavy atom. The SMILES string of the molecule is N#C/C(=C/Nc1ccccc1F)C(=O)Nc1ccc(F)cc1. The van der Waals surface area contributed by atoms with Crippen LogP contribution in [0.5, 0.6) is 0 Å². The van der Waals surface area contributed by atoms with Crippen molar-refractivity contribution in [1.82, 2.24) is 0 Å². The summed E-state index contributed by atoms with van der Waals surface area (Å²) in [6, 6.07) is 12.7. The molecular weight excluding hydrogens is 288 g/mol. The van der Waals surface area contributed by atoms with Gasteiger partial charge in [0.05, 0.1) is 5.69 Å². The first-order valence-corrected chi connectivity index (χ1v) is 6.28. The first-order valence-electron chi connectivity index (χ1n) is 6.28. The van der Waals surface area contributed by atoms with Crippen LogP contribution in [0.3, 0.4) is 0 Å². The van der Waals surface area contributed by atoms with Gasteiger partial charge >= 0.3 is 0 Å². The molecule has 2 aromatic rings. The highest BCUT2D eigenvalue weighted by atomic mass is 19.1. The van der Waals surface area contributed by atoms with E-state index in [2.05, 4.69) is 10.6 Å². The number of amides is 1. The van der Waals surface area contributed by atoms with E-state index in [0.29, 0.717) is 5.69 Å². The molecule has 0 bridgehead atoms. The fourth-order valence-electron chi connectivity index (χ4n) is 1.61. The van der Waals surface area contributed by atoms with Gasteiger partial charge in [0.1, 0.15) is 23.3 Å². The van der Waals surface area contributed by atoms with Gasteiger partial charge < -0.3 is 10.6 Å². The van der Waals surface area contributed by atoms with Gasteiger partial charge in [0.2, 0.25) is 0 Å². The van der Waals surface area contributed by atoms with Crippen molar-refractivity contribution >= 4 is 17.3 Å². The molecule has 4 nitrogen and oxygen atoms in total. The number of halogens is 2. The van der Waals surface area contributed by atoms with E-state index in [4.69, 9.17) is 5.26 Å². The predicted octanol–water partition coefficient (Wildman–Crippen LogP) is 3.42. The number of hydrogen-bond donors (Lipinski definition) is 2. The molecule has 0 aliphatic heterocycles. The topological polar surface area (TPSA) is 64.9 Å². The normalized spacial score (nSPS) is 10.7. The van der Waals surface area contributed by atoms with Crippen molar-refractivity contribution in [1.29, 1.82) is 5.26 Å². The Morgan fingerprint density at radius 1 is 1.09 bits per heavy atom. The minimum atomic E-state index is -0.682. The first kappa shape index (κ1) is 15.2. The lowest BCUT2D eigenvalue weighted by atomic mass is 10.2. The van der Waals surface area contributed by atoms with E-state index in [1.54, 1.807) is 12.1 Å². The van der Waals surface area contributed by atoms with Gasteiger partial charge in [-0.15, -0.1) is 0 Å². The van der Waals surface area contributed by atoms with Gasteiger partial charge in [-0.2, -0.15) is 5.26 Å². The molecule has 0 radical (unpaired) electrons. The fourth-order valence-corrected chi connectivity index (χ4v) is 1.61. The van der Waals surface area contributed by atoms with E-state index < -0.39 is 17.5 Å². The summed E-state index contributed by atoms with van der Waals surface area (Å²) < 4.78 is 26.2. The molecule has 0 saturated carbocycles. The monoisotopic (exact) mass is 299 g/mol. The van der Waals surface area contributed by atoms with Crippen molar-refractivity contribution in [2.24, 2.45) is 0 Å². The van der Waals surface area contributed by atoms with Crippen LogP contribution in [0.1, 0.15) is 0 Å². The fraction of sp³-hybridized carbons (Fsp3) is 0. The number of rotatable bonds is 4. The van der Waals surface area contributed by atoms with Gasteiger partial charge in [0, 0.05) is 11.9 Å². The van der Waals surface area contributed by atoms with E-state index >= 15 is 0 Å². The van der Waals surface area contributed by atoms with Crippen molar-refractivity contribution in [2.75, 3.05) is 10.6 Å². The van der Waals surface area contributed by atoms with Crippen LogP contribution < -0.4 is 10.6 Å². The molecule has 2 rings (SSSR count). The Kier molecular flexibility index (Phi) is 4.83. The second-order valence-electron chi connectivity index (χ2n) is 4.26. The molecule has 0 aromatic heterocycles. The second-order valence-corrected chi connectivity index (χ2v) is 4.26. The standard InChI is InChI=1S/C16H11F2N3O/c17-12-5-7-13(8-6-12)21-16(22)11(9-19)10-20-15-4-2-1-3-14(15)18/h1-8,10,20H,(H,21,22)/b11-10-. The van der Waals surface area contributed by atoms with E-state index in [-0.39, 0.29) is 11.3 Å². The number of benzene rings is 2. The third-order valence-corrected chi connectivity index (χ3v) is 2.71. The lowest BCUT2D eigenvalue weighted by Gasteiger charge is -2.05. The molecule has 0 atom stereocenters. The number of carbonyl (C=O) groups is 1. The van der Waals surface area contributed by atoms with Crippen LogP contribution in [0.15, 0.2) is 60.3 Å². The Balaban J connectivity index is 2.09. The van der Waals surface area contributed by atoms with Gasteiger partial charge in [0.15, 0.2) is 0 Å². The van der Waals surface area contributed by atoms with Crippen LogP contribution in [0.25, 0.3) is 0 Å². The summed E-state index contributed by atoms with van der Waals surface area (Å²) in [6.07, 6.45) is 1.11. The molecule has 0 spiro atoms. The molecule has 0 unspecified atom stereocenters. The largest absolute Gasteiger partial charge is 0.358 e. The van der Waals surface area contributed by atoms with Crippen LogP contribution >= 0.6 is 0 Å². The summed E-state index contributed by atoms with van der Waals surface area (Å²) in [5.41, 5.74) is 0.246. The van der Waals surface area contributed by atoms with Crippen LogP contribution in [-0.4, -0.2) is 5.91 Å². The summed E-state index contributed by atoms with van der Waals surface area (Å²) in [5, 5.41) is 14.0. The molecule has 22 heavy (non-hydrogen) atoms. The zero-order chi connectivity index (χ0) is 15.9. The highest BCUT2D eigenvalue weighted by molar-refractivity contribution is 6.06. The van der Waals surface area contributed by atoms with Crippen molar-refractivity contribution < 1.29 is 13.6 Å². The smallest absolute Gasteiger partial charge is 0.267 e. The van der Waals surface area contributed by atoms with Gasteiger partial charge in [0.25, 0.3) is 5.91 Å². The summed E-state index contributed by atoms with van der Waals surface area (Å²) >= 11 is 0.